The summed E-state index contributed by atoms with van der Waals surface area (Å²) in [5.74, 6) is -0.268. The fourth-order valence-electron chi connectivity index (χ4n) is 1.06. The molecule has 0 radical (unpaired) electrons. The molecule has 1 aromatic carbocycles. The van der Waals surface area contributed by atoms with Crippen molar-refractivity contribution in [2.24, 2.45) is 0 Å². The minimum atomic E-state index is -0.356. The van der Waals surface area contributed by atoms with Crippen molar-refractivity contribution in [3.63, 3.8) is 0 Å². The summed E-state index contributed by atoms with van der Waals surface area (Å²) >= 11 is 2.05. The van der Waals surface area contributed by atoms with Crippen LogP contribution >= 0.6 is 22.6 Å². The normalized spacial score (nSPS) is 10.2. The molecule has 0 heterocycles. The third kappa shape index (κ3) is 3.82. The number of hydrogen-bond donors (Lipinski definition) is 1. The van der Waals surface area contributed by atoms with E-state index in [1.165, 1.54) is 6.07 Å². The van der Waals surface area contributed by atoms with Crippen molar-refractivity contribution in [1.82, 2.24) is 0 Å². The maximum absolute atomic E-state index is 11.6. The number of rotatable bonds is 4. The van der Waals surface area contributed by atoms with Gasteiger partial charge in [0.2, 0.25) is 0 Å². The molecular weight excluding hydrogens is 323 g/mol. The van der Waals surface area contributed by atoms with Crippen LogP contribution in [0.4, 0.5) is 0 Å². The Bertz CT molecular complexity index is 355. The smallest absolute Gasteiger partial charge is 0.339 e. The van der Waals surface area contributed by atoms with E-state index in [2.05, 4.69) is 0 Å². The lowest BCUT2D eigenvalue weighted by atomic mass is 10.2. The van der Waals surface area contributed by atoms with Crippen molar-refractivity contribution in [3.8, 4) is 5.75 Å². The average molecular weight is 336 g/mol. The van der Waals surface area contributed by atoms with Gasteiger partial charge in [0.1, 0.15) is 5.75 Å². The van der Waals surface area contributed by atoms with Gasteiger partial charge in [-0.25, -0.2) is 4.79 Å². The Hall–Kier alpha value is -0.563. The summed E-state index contributed by atoms with van der Waals surface area (Å²) in [6.45, 7) is 0.466. The molecule has 0 fully saturated rings. The van der Waals surface area contributed by atoms with Gasteiger partial charge in [-0.3, -0.25) is 0 Å². The third-order valence-corrected chi connectivity index (χ3v) is 3.55. The number of halogens is 1. The van der Waals surface area contributed by atoms with Crippen LogP contribution in [0.2, 0.25) is 6.04 Å². The van der Waals surface area contributed by atoms with Crippen LogP contribution in [0.1, 0.15) is 16.8 Å². The summed E-state index contributed by atoms with van der Waals surface area (Å²) in [6, 6.07) is 5.81. The van der Waals surface area contributed by atoms with Crippen molar-refractivity contribution >= 4 is 38.8 Å². The van der Waals surface area contributed by atoms with Gasteiger partial charge in [0.15, 0.2) is 0 Å². The lowest BCUT2D eigenvalue weighted by Crippen LogP contribution is -2.08. The molecule has 0 spiro atoms. The molecule has 0 unspecified atom stereocenters. The fourth-order valence-corrected chi connectivity index (χ4v) is 1.90. The Morgan fingerprint density at radius 3 is 2.93 bits per heavy atom. The predicted octanol–water partition coefficient (Wildman–Crippen LogP) is 1.33. The monoisotopic (exact) mass is 336 g/mol. The first-order valence-electron chi connectivity index (χ1n) is 4.80. The summed E-state index contributed by atoms with van der Waals surface area (Å²) in [6.07, 6.45) is 0.924. The highest BCUT2D eigenvalue weighted by atomic mass is 127. The maximum Gasteiger partial charge on any atom is 0.339 e. The summed E-state index contributed by atoms with van der Waals surface area (Å²) in [4.78, 5) is 11.6. The van der Waals surface area contributed by atoms with Gasteiger partial charge in [0.05, 0.1) is 12.2 Å². The van der Waals surface area contributed by atoms with E-state index < -0.39 is 0 Å². The van der Waals surface area contributed by atoms with Crippen molar-refractivity contribution in [3.05, 3.63) is 27.3 Å². The number of carbonyl (C=O) groups is 1. The second kappa shape index (κ2) is 6.11. The Morgan fingerprint density at radius 2 is 2.27 bits per heavy atom. The van der Waals surface area contributed by atoms with Gasteiger partial charge >= 0.3 is 5.97 Å². The second-order valence-corrected chi connectivity index (χ2v) is 5.32. The number of carbonyl (C=O) groups excluding carboxylic acids is 1. The largest absolute Gasteiger partial charge is 0.508 e. The Balaban J connectivity index is 2.68. The predicted molar refractivity (Wildman–Crippen MR) is 70.5 cm³/mol. The number of esters is 1. The molecule has 5 heteroatoms. The molecular formula is C10H13IO3Si. The Kier molecular flexibility index (Phi) is 5.10. The average Bonchev–Trinajstić information content (AvgIpc) is 2.22. The van der Waals surface area contributed by atoms with E-state index >= 15 is 0 Å². The van der Waals surface area contributed by atoms with Gasteiger partial charge in [0.25, 0.3) is 0 Å². The number of ether oxygens (including phenoxy) is 1. The van der Waals surface area contributed by atoms with Gasteiger partial charge < -0.3 is 9.84 Å². The number of benzene rings is 1. The summed E-state index contributed by atoms with van der Waals surface area (Å²) < 4.78 is 5.86. The minimum absolute atomic E-state index is 0.0882. The number of phenols is 1. The van der Waals surface area contributed by atoms with E-state index in [9.17, 15) is 9.90 Å². The van der Waals surface area contributed by atoms with Crippen LogP contribution in [0.25, 0.3) is 0 Å². The lowest BCUT2D eigenvalue weighted by Gasteiger charge is -2.05. The molecule has 0 saturated heterocycles. The van der Waals surface area contributed by atoms with Crippen LogP contribution in [0.5, 0.6) is 5.75 Å². The van der Waals surface area contributed by atoms with Gasteiger partial charge in [-0.05, 0) is 47.2 Å². The summed E-state index contributed by atoms with van der Waals surface area (Å²) in [5, 5.41) is 9.25. The Morgan fingerprint density at radius 1 is 1.53 bits per heavy atom. The molecule has 0 saturated carbocycles. The topological polar surface area (TPSA) is 46.5 Å². The molecule has 0 aromatic heterocycles. The first-order chi connectivity index (χ1) is 7.15. The van der Waals surface area contributed by atoms with E-state index in [-0.39, 0.29) is 11.7 Å². The second-order valence-electron chi connectivity index (χ2n) is 3.15. The van der Waals surface area contributed by atoms with E-state index in [4.69, 9.17) is 4.74 Å². The van der Waals surface area contributed by atoms with Crippen LogP contribution in [0.15, 0.2) is 18.2 Å². The van der Waals surface area contributed by atoms with E-state index in [1.807, 2.05) is 22.6 Å². The standard InChI is InChI=1S/C10H13IO3Si/c11-9-3-2-7(12)6-8(9)10(13)14-4-1-5-15/h2-3,6,12H,1,4-5H2,15H3. The van der Waals surface area contributed by atoms with Gasteiger partial charge in [-0.1, -0.05) is 6.04 Å². The molecule has 0 aliphatic heterocycles. The van der Waals surface area contributed by atoms with Crippen molar-refractivity contribution in [2.75, 3.05) is 6.61 Å². The van der Waals surface area contributed by atoms with E-state index in [0.29, 0.717) is 12.2 Å². The number of phenolic OH excluding ortho intramolecular Hbond substituents is 1. The zero-order valence-electron chi connectivity index (χ0n) is 8.50. The highest BCUT2D eigenvalue weighted by Crippen LogP contribution is 2.19. The fraction of sp³-hybridized carbons (Fsp3) is 0.300. The van der Waals surface area contributed by atoms with Crippen LogP contribution < -0.4 is 0 Å². The third-order valence-electron chi connectivity index (χ3n) is 1.90. The van der Waals surface area contributed by atoms with Crippen molar-refractivity contribution < 1.29 is 14.6 Å². The van der Waals surface area contributed by atoms with Gasteiger partial charge in [0, 0.05) is 13.8 Å². The van der Waals surface area contributed by atoms with E-state index in [0.717, 1.165) is 26.3 Å². The molecule has 1 rings (SSSR count). The van der Waals surface area contributed by atoms with E-state index in [1.54, 1.807) is 12.1 Å². The highest BCUT2D eigenvalue weighted by Gasteiger charge is 2.11. The SMILES string of the molecule is O=C(OCCC[SiH3])c1cc(O)ccc1I. The number of hydrogen-bond acceptors (Lipinski definition) is 3. The van der Waals surface area contributed by atoms with Crippen LogP contribution in [-0.4, -0.2) is 27.9 Å². The van der Waals surface area contributed by atoms with Crippen LogP contribution in [-0.2, 0) is 4.74 Å². The lowest BCUT2D eigenvalue weighted by molar-refractivity contribution is 0.0503. The molecule has 0 amide bonds. The molecule has 0 bridgehead atoms. The Labute approximate surface area is 105 Å². The first kappa shape index (κ1) is 12.5. The molecule has 0 atom stereocenters. The van der Waals surface area contributed by atoms with Gasteiger partial charge in [-0.15, -0.1) is 0 Å². The van der Waals surface area contributed by atoms with Crippen LogP contribution in [0, 0.1) is 3.57 Å². The van der Waals surface area contributed by atoms with Crippen LogP contribution in [0.3, 0.4) is 0 Å². The summed E-state index contributed by atoms with van der Waals surface area (Å²) in [5.41, 5.74) is 0.434. The number of aromatic hydroxyl groups is 1. The molecule has 1 N–H and O–H groups in total. The molecule has 1 aromatic rings. The van der Waals surface area contributed by atoms with Gasteiger partial charge in [-0.2, -0.15) is 0 Å². The zero-order chi connectivity index (χ0) is 11.3. The molecule has 0 aliphatic rings. The summed E-state index contributed by atoms with van der Waals surface area (Å²) in [7, 11) is 1.13. The van der Waals surface area contributed by atoms with Crippen molar-refractivity contribution in [1.29, 1.82) is 0 Å². The molecule has 82 valence electrons. The highest BCUT2D eigenvalue weighted by molar-refractivity contribution is 14.1. The first-order valence-corrected chi connectivity index (χ1v) is 7.30. The maximum atomic E-state index is 11.6. The zero-order valence-corrected chi connectivity index (χ0v) is 12.7. The minimum Gasteiger partial charge on any atom is -0.508 e. The molecule has 0 aliphatic carbocycles. The van der Waals surface area contributed by atoms with Crippen molar-refractivity contribution in [2.45, 2.75) is 12.5 Å². The molecule has 15 heavy (non-hydrogen) atoms. The molecule has 3 nitrogen and oxygen atoms in total. The quantitative estimate of drug-likeness (QED) is 0.391.